The fraction of sp³-hybridized carbons (Fsp3) is 0.0833. The van der Waals surface area contributed by atoms with Gasteiger partial charge in [-0.25, -0.2) is 8.78 Å². The summed E-state index contributed by atoms with van der Waals surface area (Å²) in [6.07, 6.45) is 1.28. The van der Waals surface area contributed by atoms with Gasteiger partial charge in [0.2, 0.25) is 5.78 Å². The zero-order valence-electron chi connectivity index (χ0n) is 8.46. The Morgan fingerprint density at radius 2 is 2.00 bits per heavy atom. The number of carbonyl (C=O) groups is 1. The zero-order valence-corrected chi connectivity index (χ0v) is 8.46. The summed E-state index contributed by atoms with van der Waals surface area (Å²) in [7, 11) is 0. The molecule has 2 nitrogen and oxygen atoms in total. The van der Waals surface area contributed by atoms with Crippen LogP contribution in [0.2, 0.25) is 0 Å². The van der Waals surface area contributed by atoms with Gasteiger partial charge in [-0.05, 0) is 30.7 Å². The van der Waals surface area contributed by atoms with E-state index in [1.807, 2.05) is 0 Å². The van der Waals surface area contributed by atoms with Gasteiger partial charge < -0.3 is 4.42 Å². The summed E-state index contributed by atoms with van der Waals surface area (Å²) in [5.74, 6) is -2.60. The molecule has 2 aromatic rings. The van der Waals surface area contributed by atoms with Crippen molar-refractivity contribution in [2.45, 2.75) is 6.92 Å². The van der Waals surface area contributed by atoms with E-state index in [1.54, 1.807) is 0 Å². The van der Waals surface area contributed by atoms with E-state index in [-0.39, 0.29) is 11.3 Å². The largest absolute Gasteiger partial charge is 0.461 e. The summed E-state index contributed by atoms with van der Waals surface area (Å²) in [5.41, 5.74) is -0.355. The molecule has 0 bridgehead atoms. The molecule has 0 aliphatic rings. The molecule has 82 valence electrons. The standard InChI is InChI=1S/C12H8F2O2/c1-7-4-5-8(13)10(11(7)14)12(15)9-3-2-6-16-9/h2-6H,1H3. The Morgan fingerprint density at radius 3 is 2.62 bits per heavy atom. The molecule has 16 heavy (non-hydrogen) atoms. The van der Waals surface area contributed by atoms with E-state index < -0.39 is 23.0 Å². The van der Waals surface area contributed by atoms with Gasteiger partial charge in [0.05, 0.1) is 11.8 Å². The van der Waals surface area contributed by atoms with E-state index in [1.165, 1.54) is 31.4 Å². The van der Waals surface area contributed by atoms with Crippen molar-refractivity contribution in [1.29, 1.82) is 0 Å². The lowest BCUT2D eigenvalue weighted by Gasteiger charge is -2.04. The number of furan rings is 1. The monoisotopic (exact) mass is 222 g/mol. The molecule has 2 rings (SSSR count). The Labute approximate surface area is 90.5 Å². The van der Waals surface area contributed by atoms with E-state index in [4.69, 9.17) is 4.42 Å². The quantitative estimate of drug-likeness (QED) is 0.731. The van der Waals surface area contributed by atoms with Gasteiger partial charge >= 0.3 is 0 Å². The van der Waals surface area contributed by atoms with Crippen molar-refractivity contribution in [3.63, 3.8) is 0 Å². The summed E-state index contributed by atoms with van der Waals surface area (Å²) < 4.78 is 31.8. The minimum Gasteiger partial charge on any atom is -0.461 e. The molecule has 0 aliphatic heterocycles. The second kappa shape index (κ2) is 3.89. The van der Waals surface area contributed by atoms with E-state index in [2.05, 4.69) is 0 Å². The summed E-state index contributed by atoms with van der Waals surface area (Å²) in [6, 6.07) is 5.19. The molecule has 0 saturated heterocycles. The van der Waals surface area contributed by atoms with Crippen LogP contribution in [0.25, 0.3) is 0 Å². The Kier molecular flexibility index (Phi) is 2.56. The molecule has 4 heteroatoms. The second-order valence-corrected chi connectivity index (χ2v) is 3.36. The van der Waals surface area contributed by atoms with E-state index in [9.17, 15) is 13.6 Å². The summed E-state index contributed by atoms with van der Waals surface area (Å²) in [5, 5.41) is 0. The normalized spacial score (nSPS) is 10.4. The number of carbonyl (C=O) groups excluding carboxylic acids is 1. The third-order valence-corrected chi connectivity index (χ3v) is 2.26. The lowest BCUT2D eigenvalue weighted by molar-refractivity contribution is 0.100. The first-order valence-corrected chi connectivity index (χ1v) is 4.64. The minimum absolute atomic E-state index is 0.0802. The van der Waals surface area contributed by atoms with Crippen LogP contribution in [0.3, 0.4) is 0 Å². The number of hydrogen-bond acceptors (Lipinski definition) is 2. The minimum atomic E-state index is -0.885. The highest BCUT2D eigenvalue weighted by atomic mass is 19.1. The second-order valence-electron chi connectivity index (χ2n) is 3.36. The number of rotatable bonds is 2. The number of benzene rings is 1. The van der Waals surface area contributed by atoms with Gasteiger partial charge in [0.15, 0.2) is 5.76 Å². The topological polar surface area (TPSA) is 30.2 Å². The van der Waals surface area contributed by atoms with Crippen LogP contribution in [0.4, 0.5) is 8.78 Å². The van der Waals surface area contributed by atoms with E-state index in [0.717, 1.165) is 6.07 Å². The molecule has 0 spiro atoms. The molecule has 0 aliphatic carbocycles. The lowest BCUT2D eigenvalue weighted by Crippen LogP contribution is -2.07. The van der Waals surface area contributed by atoms with Gasteiger partial charge in [-0.15, -0.1) is 0 Å². The molecule has 0 fully saturated rings. The molecular weight excluding hydrogens is 214 g/mol. The Balaban J connectivity index is 2.56. The van der Waals surface area contributed by atoms with Crippen LogP contribution in [-0.2, 0) is 0 Å². The van der Waals surface area contributed by atoms with Crippen LogP contribution in [0.15, 0.2) is 34.9 Å². The SMILES string of the molecule is Cc1ccc(F)c(C(=O)c2ccco2)c1F. The highest BCUT2D eigenvalue weighted by Gasteiger charge is 2.22. The first-order valence-electron chi connectivity index (χ1n) is 4.64. The number of aryl methyl sites for hydroxylation is 1. The average Bonchev–Trinajstić information content (AvgIpc) is 2.77. The van der Waals surface area contributed by atoms with Crippen molar-refractivity contribution in [3.05, 3.63) is 59.1 Å². The fourth-order valence-corrected chi connectivity index (χ4v) is 1.40. The maximum atomic E-state index is 13.6. The van der Waals surface area contributed by atoms with E-state index in [0.29, 0.717) is 0 Å². The van der Waals surface area contributed by atoms with Gasteiger partial charge in [0.1, 0.15) is 11.6 Å². The van der Waals surface area contributed by atoms with Crippen molar-refractivity contribution in [2.75, 3.05) is 0 Å². The van der Waals surface area contributed by atoms with Crippen LogP contribution in [0, 0.1) is 18.6 Å². The first kappa shape index (κ1) is 10.5. The predicted octanol–water partition coefficient (Wildman–Crippen LogP) is 3.10. The lowest BCUT2D eigenvalue weighted by atomic mass is 10.0. The average molecular weight is 222 g/mol. The molecule has 0 unspecified atom stereocenters. The highest BCUT2D eigenvalue weighted by Crippen LogP contribution is 2.20. The Morgan fingerprint density at radius 1 is 1.25 bits per heavy atom. The highest BCUT2D eigenvalue weighted by molar-refractivity contribution is 6.07. The molecule has 1 aromatic carbocycles. The van der Waals surface area contributed by atoms with Crippen LogP contribution in [0.1, 0.15) is 21.7 Å². The molecule has 0 saturated carbocycles. The Bertz CT molecular complexity index is 530. The maximum absolute atomic E-state index is 13.6. The van der Waals surface area contributed by atoms with Crippen molar-refractivity contribution in [2.24, 2.45) is 0 Å². The van der Waals surface area contributed by atoms with E-state index >= 15 is 0 Å². The predicted molar refractivity (Wildman–Crippen MR) is 53.2 cm³/mol. The third-order valence-electron chi connectivity index (χ3n) is 2.26. The first-order chi connectivity index (χ1) is 7.61. The van der Waals surface area contributed by atoms with Gasteiger partial charge in [0, 0.05) is 0 Å². The Hall–Kier alpha value is -1.97. The van der Waals surface area contributed by atoms with Crippen molar-refractivity contribution in [1.82, 2.24) is 0 Å². The van der Waals surface area contributed by atoms with Gasteiger partial charge in [0.25, 0.3) is 0 Å². The number of halogens is 2. The van der Waals surface area contributed by atoms with Crippen molar-refractivity contribution in [3.8, 4) is 0 Å². The summed E-state index contributed by atoms with van der Waals surface area (Å²) in [4.78, 5) is 11.7. The molecule has 0 amide bonds. The third kappa shape index (κ3) is 1.62. The fourth-order valence-electron chi connectivity index (χ4n) is 1.40. The number of ketones is 1. The summed E-state index contributed by atoms with van der Waals surface area (Å²) >= 11 is 0. The van der Waals surface area contributed by atoms with Crippen LogP contribution < -0.4 is 0 Å². The van der Waals surface area contributed by atoms with Crippen LogP contribution in [-0.4, -0.2) is 5.78 Å². The number of hydrogen-bond donors (Lipinski definition) is 0. The molecule has 0 radical (unpaired) electrons. The van der Waals surface area contributed by atoms with Gasteiger partial charge in [-0.1, -0.05) is 6.07 Å². The van der Waals surface area contributed by atoms with Gasteiger partial charge in [-0.2, -0.15) is 0 Å². The molecular formula is C12H8F2O2. The molecule has 0 atom stereocenters. The molecule has 0 N–H and O–H groups in total. The molecule has 1 aromatic heterocycles. The van der Waals surface area contributed by atoms with Gasteiger partial charge in [-0.3, -0.25) is 4.79 Å². The zero-order chi connectivity index (χ0) is 11.7. The smallest absolute Gasteiger partial charge is 0.234 e. The van der Waals surface area contributed by atoms with Crippen LogP contribution in [0.5, 0.6) is 0 Å². The van der Waals surface area contributed by atoms with Crippen molar-refractivity contribution >= 4 is 5.78 Å². The summed E-state index contributed by atoms with van der Waals surface area (Å²) in [6.45, 7) is 1.47. The van der Waals surface area contributed by atoms with Crippen molar-refractivity contribution < 1.29 is 18.0 Å². The van der Waals surface area contributed by atoms with Crippen LogP contribution >= 0.6 is 0 Å². The molecule has 1 heterocycles. The maximum Gasteiger partial charge on any atom is 0.234 e.